The third kappa shape index (κ3) is 4.60. The number of fused-ring (bicyclic) bond motifs is 3. The fourth-order valence-corrected chi connectivity index (χ4v) is 4.64. The number of hydrogen-bond acceptors (Lipinski definition) is 5. The van der Waals surface area contributed by atoms with E-state index in [2.05, 4.69) is 11.9 Å². The number of likely N-dealkylation sites (tertiary alicyclic amines) is 1. The average molecular weight is 427 g/mol. The standard InChI is InChI=1S/C24H30N2O5/c1-3-30-23(28)16-8-10-26(11-9-16)22(27)14-31-24(29)17-5-7-21-19(13-17)18-12-15(2)4-6-20(18)25-21/h5,7,13,15-16,25H,3-4,6,8-12,14H2,1-2H3. The number of amides is 1. The summed E-state index contributed by atoms with van der Waals surface area (Å²) >= 11 is 0. The Balaban J connectivity index is 1.34. The number of nitrogens with zero attached hydrogens (tertiary/aromatic N) is 1. The summed E-state index contributed by atoms with van der Waals surface area (Å²) in [4.78, 5) is 42.0. The van der Waals surface area contributed by atoms with E-state index in [1.54, 1.807) is 17.9 Å². The fraction of sp³-hybridized carbons (Fsp3) is 0.542. The minimum absolute atomic E-state index is 0.159. The number of rotatable bonds is 5. The molecule has 0 saturated carbocycles. The molecule has 7 heteroatoms. The van der Waals surface area contributed by atoms with Crippen LogP contribution in [0, 0.1) is 11.8 Å². The summed E-state index contributed by atoms with van der Waals surface area (Å²) < 4.78 is 10.4. The Hall–Kier alpha value is -2.83. The van der Waals surface area contributed by atoms with Crippen LogP contribution in [0.4, 0.5) is 0 Å². The van der Waals surface area contributed by atoms with Crippen LogP contribution in [0.25, 0.3) is 10.9 Å². The van der Waals surface area contributed by atoms with E-state index in [1.807, 2.05) is 12.1 Å². The van der Waals surface area contributed by atoms with Gasteiger partial charge in [0.15, 0.2) is 6.61 Å². The molecule has 31 heavy (non-hydrogen) atoms. The van der Waals surface area contributed by atoms with Crippen molar-refractivity contribution in [1.29, 1.82) is 0 Å². The zero-order chi connectivity index (χ0) is 22.0. The highest BCUT2D eigenvalue weighted by Crippen LogP contribution is 2.32. The maximum absolute atomic E-state index is 12.6. The van der Waals surface area contributed by atoms with Gasteiger partial charge in [0.25, 0.3) is 5.91 Å². The SMILES string of the molecule is CCOC(=O)C1CCN(C(=O)COC(=O)c2ccc3[nH]c4c(c3c2)CC(C)CC4)CC1. The number of nitrogens with one attached hydrogen (secondary N) is 1. The van der Waals surface area contributed by atoms with E-state index in [4.69, 9.17) is 9.47 Å². The van der Waals surface area contributed by atoms with Crippen molar-refractivity contribution >= 4 is 28.7 Å². The van der Waals surface area contributed by atoms with Crippen LogP contribution in [-0.2, 0) is 31.9 Å². The molecule has 0 spiro atoms. The summed E-state index contributed by atoms with van der Waals surface area (Å²) in [7, 11) is 0. The van der Waals surface area contributed by atoms with Crippen molar-refractivity contribution in [2.75, 3.05) is 26.3 Å². The molecule has 2 aromatic rings. The molecule has 1 unspecified atom stereocenters. The third-order valence-electron chi connectivity index (χ3n) is 6.46. The first-order chi connectivity index (χ1) is 15.0. The number of carbonyl (C=O) groups is 3. The largest absolute Gasteiger partial charge is 0.466 e. The molecular weight excluding hydrogens is 396 g/mol. The van der Waals surface area contributed by atoms with Crippen LogP contribution in [0.1, 0.15) is 54.7 Å². The van der Waals surface area contributed by atoms with E-state index in [9.17, 15) is 14.4 Å². The highest BCUT2D eigenvalue weighted by Gasteiger charge is 2.28. The highest BCUT2D eigenvalue weighted by molar-refractivity contribution is 5.97. The predicted molar refractivity (Wildman–Crippen MR) is 116 cm³/mol. The lowest BCUT2D eigenvalue weighted by atomic mass is 9.87. The van der Waals surface area contributed by atoms with Crippen LogP contribution in [0.2, 0.25) is 0 Å². The van der Waals surface area contributed by atoms with Gasteiger partial charge in [0, 0.05) is 29.7 Å². The Bertz CT molecular complexity index is 987. The molecule has 0 radical (unpaired) electrons. The fourth-order valence-electron chi connectivity index (χ4n) is 4.64. The molecule has 1 atom stereocenters. The molecule has 1 amide bonds. The molecule has 4 rings (SSSR count). The van der Waals surface area contributed by atoms with Gasteiger partial charge in [0.05, 0.1) is 18.1 Å². The molecule has 1 N–H and O–H groups in total. The Morgan fingerprint density at radius 3 is 2.65 bits per heavy atom. The van der Waals surface area contributed by atoms with Crippen molar-refractivity contribution in [3.63, 3.8) is 0 Å². The minimum atomic E-state index is -0.490. The van der Waals surface area contributed by atoms with Gasteiger partial charge in [-0.15, -0.1) is 0 Å². The molecule has 1 aromatic heterocycles. The van der Waals surface area contributed by atoms with Gasteiger partial charge < -0.3 is 19.4 Å². The molecule has 1 aliphatic carbocycles. The average Bonchev–Trinajstić information content (AvgIpc) is 3.14. The van der Waals surface area contributed by atoms with E-state index in [0.717, 1.165) is 23.7 Å². The number of esters is 2. The second-order valence-electron chi connectivity index (χ2n) is 8.67. The highest BCUT2D eigenvalue weighted by atomic mass is 16.5. The van der Waals surface area contributed by atoms with E-state index in [0.29, 0.717) is 44.0 Å². The second-order valence-corrected chi connectivity index (χ2v) is 8.67. The number of hydrogen-bond donors (Lipinski definition) is 1. The summed E-state index contributed by atoms with van der Waals surface area (Å²) in [6.45, 7) is 5.06. The lowest BCUT2D eigenvalue weighted by Gasteiger charge is -2.30. The maximum atomic E-state index is 12.6. The Kier molecular flexibility index (Phi) is 6.30. The van der Waals surface area contributed by atoms with Gasteiger partial charge in [0.1, 0.15) is 0 Å². The molecule has 1 fully saturated rings. The quantitative estimate of drug-likeness (QED) is 0.742. The van der Waals surface area contributed by atoms with Gasteiger partial charge in [-0.25, -0.2) is 4.79 Å². The number of aryl methyl sites for hydroxylation is 1. The maximum Gasteiger partial charge on any atom is 0.338 e. The lowest BCUT2D eigenvalue weighted by molar-refractivity contribution is -0.151. The lowest BCUT2D eigenvalue weighted by Crippen LogP contribution is -2.42. The third-order valence-corrected chi connectivity index (χ3v) is 6.46. The first-order valence-electron chi connectivity index (χ1n) is 11.2. The Morgan fingerprint density at radius 2 is 1.90 bits per heavy atom. The van der Waals surface area contributed by atoms with E-state index < -0.39 is 5.97 Å². The predicted octanol–water partition coefficient (Wildman–Crippen LogP) is 3.25. The van der Waals surface area contributed by atoms with Gasteiger partial charge >= 0.3 is 11.9 Å². The monoisotopic (exact) mass is 426 g/mol. The van der Waals surface area contributed by atoms with E-state index in [-0.39, 0.29) is 24.4 Å². The zero-order valence-electron chi connectivity index (χ0n) is 18.2. The van der Waals surface area contributed by atoms with E-state index >= 15 is 0 Å². The number of ether oxygens (including phenoxy) is 2. The molecular formula is C24H30N2O5. The van der Waals surface area contributed by atoms with Crippen LogP contribution in [0.5, 0.6) is 0 Å². The molecule has 7 nitrogen and oxygen atoms in total. The van der Waals surface area contributed by atoms with Crippen LogP contribution in [0.3, 0.4) is 0 Å². The zero-order valence-corrected chi connectivity index (χ0v) is 18.2. The normalized spacial score (nSPS) is 19.2. The molecule has 1 saturated heterocycles. The summed E-state index contributed by atoms with van der Waals surface area (Å²) in [5.41, 5.74) is 4.06. The molecule has 2 heterocycles. The molecule has 1 aromatic carbocycles. The summed E-state index contributed by atoms with van der Waals surface area (Å²) in [6.07, 6.45) is 4.37. The van der Waals surface area contributed by atoms with Crippen molar-refractivity contribution in [2.45, 2.75) is 46.0 Å². The molecule has 2 aliphatic rings. The van der Waals surface area contributed by atoms with Gasteiger partial charge in [-0.1, -0.05) is 6.92 Å². The van der Waals surface area contributed by atoms with Crippen LogP contribution >= 0.6 is 0 Å². The van der Waals surface area contributed by atoms with Crippen molar-refractivity contribution in [2.24, 2.45) is 11.8 Å². The Labute approximate surface area is 182 Å². The summed E-state index contributed by atoms with van der Waals surface area (Å²) in [5.74, 6) is -0.446. The number of H-pyrrole nitrogens is 1. The minimum Gasteiger partial charge on any atom is -0.466 e. The summed E-state index contributed by atoms with van der Waals surface area (Å²) in [5, 5.41) is 1.07. The van der Waals surface area contributed by atoms with Gasteiger partial charge in [0.2, 0.25) is 0 Å². The smallest absolute Gasteiger partial charge is 0.338 e. The number of piperidine rings is 1. The van der Waals surface area contributed by atoms with E-state index in [1.165, 1.54) is 17.7 Å². The van der Waals surface area contributed by atoms with Crippen LogP contribution < -0.4 is 0 Å². The summed E-state index contributed by atoms with van der Waals surface area (Å²) in [6, 6.07) is 5.53. The first-order valence-corrected chi connectivity index (χ1v) is 11.2. The van der Waals surface area contributed by atoms with Gasteiger partial charge in [-0.05, 0) is 68.7 Å². The molecule has 166 valence electrons. The van der Waals surface area contributed by atoms with Crippen LogP contribution in [-0.4, -0.2) is 54.0 Å². The number of benzene rings is 1. The Morgan fingerprint density at radius 1 is 1.13 bits per heavy atom. The molecule has 0 bridgehead atoms. The number of aromatic nitrogens is 1. The molecule has 1 aliphatic heterocycles. The first kappa shape index (κ1) is 21.4. The van der Waals surface area contributed by atoms with Gasteiger partial charge in [-0.2, -0.15) is 0 Å². The van der Waals surface area contributed by atoms with Crippen molar-refractivity contribution in [1.82, 2.24) is 9.88 Å². The topological polar surface area (TPSA) is 88.7 Å². The second kappa shape index (κ2) is 9.12. The van der Waals surface area contributed by atoms with Gasteiger partial charge in [-0.3, -0.25) is 9.59 Å². The van der Waals surface area contributed by atoms with Crippen LogP contribution in [0.15, 0.2) is 18.2 Å². The number of aromatic amines is 1. The van der Waals surface area contributed by atoms with Crippen molar-refractivity contribution in [3.8, 4) is 0 Å². The van der Waals surface area contributed by atoms with Crippen molar-refractivity contribution in [3.05, 3.63) is 35.0 Å². The van der Waals surface area contributed by atoms with Crippen molar-refractivity contribution < 1.29 is 23.9 Å². The number of carbonyl (C=O) groups excluding carboxylic acids is 3.